The van der Waals surface area contributed by atoms with E-state index in [9.17, 15) is 9.59 Å². The maximum Gasteiger partial charge on any atom is 0.411 e. The highest BCUT2D eigenvalue weighted by Gasteiger charge is 2.47. The minimum atomic E-state index is -0.959. The average molecular weight is 664 g/mol. The van der Waals surface area contributed by atoms with Crippen molar-refractivity contribution in [2.24, 2.45) is 0 Å². The van der Waals surface area contributed by atoms with Gasteiger partial charge in [0.25, 0.3) is 0 Å². The van der Waals surface area contributed by atoms with Crippen LogP contribution in [0, 0.1) is 0 Å². The van der Waals surface area contributed by atoms with Gasteiger partial charge in [-0.15, -0.1) is 0 Å². The number of ether oxygens (including phenoxy) is 2. The monoisotopic (exact) mass is 663 g/mol. The fourth-order valence-corrected chi connectivity index (χ4v) is 5.66. The van der Waals surface area contributed by atoms with Gasteiger partial charge in [0.1, 0.15) is 30.5 Å². The Balaban J connectivity index is 0.00000144. The minimum Gasteiger partial charge on any atom is -0.496 e. The summed E-state index contributed by atoms with van der Waals surface area (Å²) in [6.45, 7) is 12.6. The fraction of sp³-hybridized carbons (Fsp3) is 0.343. The summed E-state index contributed by atoms with van der Waals surface area (Å²) >= 11 is 6.21. The Bertz CT molecular complexity index is 1680. The number of carbonyl (C=O) groups excluding carboxylic acids is 4. The third-order valence-electron chi connectivity index (χ3n) is 7.57. The molecule has 1 aliphatic rings. The molecule has 11 nitrogen and oxygen atoms in total. The van der Waals surface area contributed by atoms with Crippen LogP contribution in [0.15, 0.2) is 66.7 Å². The van der Waals surface area contributed by atoms with Crippen molar-refractivity contribution < 1.29 is 28.7 Å². The van der Waals surface area contributed by atoms with Crippen molar-refractivity contribution in [3.05, 3.63) is 82.9 Å². The Morgan fingerprint density at radius 2 is 1.68 bits per heavy atom. The first-order chi connectivity index (χ1) is 22.5. The van der Waals surface area contributed by atoms with Crippen molar-refractivity contribution in [2.75, 3.05) is 19.0 Å². The SMILES string of the molecule is C=O.C=O.COc1cccc2c1c(Nc1cccc(Cl)c1)nn2Cc1cccc(CNC(=O)[C@]2(C)CCCN2C(=O)OC(C)(C)C)c1. The molecule has 1 saturated heterocycles. The van der Waals surface area contributed by atoms with Gasteiger partial charge in [0.2, 0.25) is 5.91 Å². The lowest BCUT2D eigenvalue weighted by Crippen LogP contribution is -2.56. The van der Waals surface area contributed by atoms with Gasteiger partial charge >= 0.3 is 6.09 Å². The molecular weight excluding hydrogens is 622 g/mol. The van der Waals surface area contributed by atoms with Crippen LogP contribution in [0.4, 0.5) is 16.3 Å². The molecule has 1 fully saturated rings. The number of hydrogen-bond donors (Lipinski definition) is 2. The molecule has 0 unspecified atom stereocenters. The zero-order chi connectivity index (χ0) is 34.8. The second kappa shape index (κ2) is 16.1. The van der Waals surface area contributed by atoms with E-state index in [1.165, 1.54) is 0 Å². The van der Waals surface area contributed by atoms with Gasteiger partial charge in [-0.2, -0.15) is 5.10 Å². The largest absolute Gasteiger partial charge is 0.496 e. The zero-order valence-electron chi connectivity index (χ0n) is 27.5. The number of halogens is 1. The van der Waals surface area contributed by atoms with Gasteiger partial charge in [-0.25, -0.2) is 4.79 Å². The maximum atomic E-state index is 13.4. The molecule has 1 aromatic heterocycles. The number of amides is 2. The molecule has 12 heteroatoms. The van der Waals surface area contributed by atoms with Crippen LogP contribution in [0.5, 0.6) is 5.75 Å². The first kappa shape index (κ1) is 36.6. The van der Waals surface area contributed by atoms with Crippen LogP contribution in [0.1, 0.15) is 51.7 Å². The highest BCUT2D eigenvalue weighted by molar-refractivity contribution is 6.30. The summed E-state index contributed by atoms with van der Waals surface area (Å²) in [5, 5.41) is 12.8. The molecule has 4 aromatic rings. The predicted molar refractivity (Wildman–Crippen MR) is 183 cm³/mol. The van der Waals surface area contributed by atoms with E-state index in [4.69, 9.17) is 35.8 Å². The van der Waals surface area contributed by atoms with Gasteiger partial charge in [0.15, 0.2) is 5.82 Å². The van der Waals surface area contributed by atoms with E-state index < -0.39 is 17.2 Å². The quantitative estimate of drug-likeness (QED) is 0.218. The molecule has 1 aliphatic heterocycles. The lowest BCUT2D eigenvalue weighted by atomic mass is 9.97. The van der Waals surface area contributed by atoms with Gasteiger partial charge < -0.3 is 29.7 Å². The summed E-state index contributed by atoms with van der Waals surface area (Å²) in [4.78, 5) is 43.8. The molecule has 2 N–H and O–H groups in total. The average Bonchev–Trinajstić information content (AvgIpc) is 3.62. The summed E-state index contributed by atoms with van der Waals surface area (Å²) in [6, 6.07) is 21.4. The molecule has 3 aromatic carbocycles. The Labute approximate surface area is 280 Å². The third-order valence-corrected chi connectivity index (χ3v) is 7.80. The molecule has 2 heterocycles. The normalized spacial score (nSPS) is 15.5. The molecule has 0 saturated carbocycles. The summed E-state index contributed by atoms with van der Waals surface area (Å²) in [5.41, 5.74) is 2.12. The topological polar surface area (TPSA) is 132 Å². The number of rotatable bonds is 8. The van der Waals surface area contributed by atoms with Crippen LogP contribution in [0.25, 0.3) is 10.9 Å². The van der Waals surface area contributed by atoms with Crippen LogP contribution in [0.3, 0.4) is 0 Å². The van der Waals surface area contributed by atoms with E-state index >= 15 is 0 Å². The zero-order valence-corrected chi connectivity index (χ0v) is 28.2. The number of likely N-dealkylation sites (tertiary alicyclic amines) is 1. The Hall–Kier alpha value is -4.90. The molecule has 0 radical (unpaired) electrons. The van der Waals surface area contributed by atoms with Crippen molar-refractivity contribution >= 4 is 59.6 Å². The van der Waals surface area contributed by atoms with E-state index in [2.05, 4.69) is 16.7 Å². The third kappa shape index (κ3) is 8.88. The van der Waals surface area contributed by atoms with E-state index in [1.54, 1.807) is 12.0 Å². The minimum absolute atomic E-state index is 0.192. The summed E-state index contributed by atoms with van der Waals surface area (Å²) < 4.78 is 13.2. The summed E-state index contributed by atoms with van der Waals surface area (Å²) in [5.74, 6) is 1.19. The van der Waals surface area contributed by atoms with Crippen molar-refractivity contribution in [2.45, 2.75) is 64.8 Å². The van der Waals surface area contributed by atoms with E-state index in [0.29, 0.717) is 42.6 Å². The van der Waals surface area contributed by atoms with E-state index in [1.807, 2.05) is 107 Å². The predicted octanol–water partition coefficient (Wildman–Crippen LogP) is 6.53. The van der Waals surface area contributed by atoms with Gasteiger partial charge in [-0.05, 0) is 82.0 Å². The number of nitrogens with zero attached hydrogens (tertiary/aromatic N) is 3. The number of benzene rings is 3. The number of hydrogen-bond acceptors (Lipinski definition) is 8. The number of fused-ring (bicyclic) bond motifs is 1. The number of nitrogens with one attached hydrogen (secondary N) is 2. The Morgan fingerprint density at radius 1 is 1.00 bits per heavy atom. The van der Waals surface area contributed by atoms with Crippen molar-refractivity contribution in [1.82, 2.24) is 20.0 Å². The lowest BCUT2D eigenvalue weighted by molar-refractivity contribution is -0.131. The number of methoxy groups -OCH3 is 1. The van der Waals surface area contributed by atoms with Gasteiger partial charge in [-0.3, -0.25) is 14.4 Å². The highest BCUT2D eigenvalue weighted by atomic mass is 35.5. The molecule has 2 amide bonds. The number of anilines is 2. The first-order valence-electron chi connectivity index (χ1n) is 15.0. The van der Waals surface area contributed by atoms with Crippen LogP contribution in [-0.4, -0.2) is 65.1 Å². The summed E-state index contributed by atoms with van der Waals surface area (Å²) in [6.07, 6.45) is 0.867. The molecule has 1 atom stereocenters. The number of carbonyl (C=O) groups is 4. The van der Waals surface area contributed by atoms with Gasteiger partial charge in [-0.1, -0.05) is 48.0 Å². The second-order valence-corrected chi connectivity index (χ2v) is 12.4. The molecular formula is C35H42ClN5O6. The standard InChI is InChI=1S/C33H38ClN5O4.2CH2O/c1-32(2,3)43-31(41)38-17-9-16-33(38,4)30(40)35-20-22-10-6-11-23(18-22)21-39-26-14-8-15-27(42-5)28(26)29(37-39)36-25-13-7-12-24(34)19-25;2*1-2/h6-8,10-15,18-19H,9,16-17,20-21H2,1-5H3,(H,35,40)(H,36,37);2*1H2/t33-;;/m0../s1. The Kier molecular flexibility index (Phi) is 12.5. The molecule has 0 aliphatic carbocycles. The number of aromatic nitrogens is 2. The molecule has 47 heavy (non-hydrogen) atoms. The maximum absolute atomic E-state index is 13.4. The van der Waals surface area contributed by atoms with Crippen molar-refractivity contribution in [3.8, 4) is 5.75 Å². The smallest absolute Gasteiger partial charge is 0.411 e. The molecule has 0 bridgehead atoms. The van der Waals surface area contributed by atoms with Crippen molar-refractivity contribution in [1.29, 1.82) is 0 Å². The Morgan fingerprint density at radius 3 is 2.36 bits per heavy atom. The highest BCUT2D eigenvalue weighted by Crippen LogP contribution is 2.35. The van der Waals surface area contributed by atoms with Crippen molar-refractivity contribution in [3.63, 3.8) is 0 Å². The van der Waals surface area contributed by atoms with E-state index in [-0.39, 0.29) is 5.91 Å². The van der Waals surface area contributed by atoms with Crippen LogP contribution >= 0.6 is 11.6 Å². The second-order valence-electron chi connectivity index (χ2n) is 12.0. The van der Waals surface area contributed by atoms with Crippen LogP contribution in [0.2, 0.25) is 5.02 Å². The fourth-order valence-electron chi connectivity index (χ4n) is 5.47. The molecule has 0 spiro atoms. The first-order valence-corrected chi connectivity index (χ1v) is 15.4. The lowest BCUT2D eigenvalue weighted by Gasteiger charge is -2.35. The molecule has 5 rings (SSSR count). The molecule has 250 valence electrons. The van der Waals surface area contributed by atoms with Gasteiger partial charge in [0, 0.05) is 23.8 Å². The van der Waals surface area contributed by atoms with Crippen LogP contribution < -0.4 is 15.4 Å². The van der Waals surface area contributed by atoms with Crippen LogP contribution in [-0.2, 0) is 32.2 Å². The summed E-state index contributed by atoms with van der Waals surface area (Å²) in [7, 11) is 1.64. The van der Waals surface area contributed by atoms with E-state index in [0.717, 1.165) is 34.1 Å². The van der Waals surface area contributed by atoms with Gasteiger partial charge in [0.05, 0.1) is 24.6 Å².